The van der Waals surface area contributed by atoms with Gasteiger partial charge in [-0.05, 0) is 30.5 Å². The first-order valence-electron chi connectivity index (χ1n) is 6.91. The number of rotatable bonds is 5. The average molecular weight is 262 g/mol. The Kier molecular flexibility index (Phi) is 5.21. The SMILES string of the molecule is COc1cccc(CCCC(=O)N2CCNCC2)c1. The van der Waals surface area contributed by atoms with E-state index in [1.54, 1.807) is 7.11 Å². The first-order chi connectivity index (χ1) is 9.29. The number of methoxy groups -OCH3 is 1. The van der Waals surface area contributed by atoms with Gasteiger partial charge in [-0.25, -0.2) is 0 Å². The van der Waals surface area contributed by atoms with Crippen LogP contribution in [-0.2, 0) is 11.2 Å². The van der Waals surface area contributed by atoms with E-state index in [-0.39, 0.29) is 5.91 Å². The summed E-state index contributed by atoms with van der Waals surface area (Å²) in [7, 11) is 1.67. The summed E-state index contributed by atoms with van der Waals surface area (Å²) in [5, 5.41) is 3.26. The lowest BCUT2D eigenvalue weighted by Gasteiger charge is -2.27. The second-order valence-electron chi connectivity index (χ2n) is 4.84. The molecule has 1 aliphatic heterocycles. The molecule has 0 radical (unpaired) electrons. The van der Waals surface area contributed by atoms with Crippen molar-refractivity contribution in [2.45, 2.75) is 19.3 Å². The van der Waals surface area contributed by atoms with Crippen molar-refractivity contribution < 1.29 is 9.53 Å². The zero-order chi connectivity index (χ0) is 13.5. The van der Waals surface area contributed by atoms with Crippen LogP contribution in [0.25, 0.3) is 0 Å². The van der Waals surface area contributed by atoms with Gasteiger partial charge < -0.3 is 15.0 Å². The van der Waals surface area contributed by atoms with Crippen molar-refractivity contribution in [3.05, 3.63) is 29.8 Å². The number of aryl methyl sites for hydroxylation is 1. The Hall–Kier alpha value is -1.55. The van der Waals surface area contributed by atoms with Crippen LogP contribution in [0.2, 0.25) is 0 Å². The Bertz CT molecular complexity index is 414. The summed E-state index contributed by atoms with van der Waals surface area (Å²) < 4.78 is 5.20. The first kappa shape index (κ1) is 13.9. The summed E-state index contributed by atoms with van der Waals surface area (Å²) >= 11 is 0. The molecule has 104 valence electrons. The quantitative estimate of drug-likeness (QED) is 0.873. The monoisotopic (exact) mass is 262 g/mol. The van der Waals surface area contributed by atoms with E-state index < -0.39 is 0 Å². The fraction of sp³-hybridized carbons (Fsp3) is 0.533. The molecule has 0 bridgehead atoms. The number of nitrogens with zero attached hydrogens (tertiary/aromatic N) is 1. The molecule has 19 heavy (non-hydrogen) atoms. The van der Waals surface area contributed by atoms with Gasteiger partial charge in [-0.1, -0.05) is 12.1 Å². The third-order valence-electron chi connectivity index (χ3n) is 3.46. The fourth-order valence-corrected chi connectivity index (χ4v) is 2.34. The number of carbonyl (C=O) groups is 1. The van der Waals surface area contributed by atoms with Gasteiger partial charge in [0.2, 0.25) is 5.91 Å². The van der Waals surface area contributed by atoms with Gasteiger partial charge in [-0.15, -0.1) is 0 Å². The highest BCUT2D eigenvalue weighted by molar-refractivity contribution is 5.76. The van der Waals surface area contributed by atoms with E-state index in [1.165, 1.54) is 5.56 Å². The number of hydrogen-bond donors (Lipinski definition) is 1. The Balaban J connectivity index is 1.74. The summed E-state index contributed by atoms with van der Waals surface area (Å²) in [5.41, 5.74) is 1.23. The standard InChI is InChI=1S/C15H22N2O2/c1-19-14-6-2-4-13(12-14)5-3-7-15(18)17-10-8-16-9-11-17/h2,4,6,12,16H,3,5,7-11H2,1H3. The van der Waals surface area contributed by atoms with Gasteiger partial charge in [0, 0.05) is 32.6 Å². The Labute approximate surface area is 114 Å². The molecule has 0 unspecified atom stereocenters. The largest absolute Gasteiger partial charge is 0.497 e. The summed E-state index contributed by atoms with van der Waals surface area (Å²) in [6.45, 7) is 3.53. The first-order valence-corrected chi connectivity index (χ1v) is 6.91. The molecule has 1 aromatic rings. The molecular weight excluding hydrogens is 240 g/mol. The van der Waals surface area contributed by atoms with Crippen molar-refractivity contribution in [2.75, 3.05) is 33.3 Å². The molecule has 4 nitrogen and oxygen atoms in total. The minimum Gasteiger partial charge on any atom is -0.497 e. The van der Waals surface area contributed by atoms with Crippen molar-refractivity contribution in [3.63, 3.8) is 0 Å². The van der Waals surface area contributed by atoms with Crippen LogP contribution in [0.4, 0.5) is 0 Å². The molecule has 1 saturated heterocycles. The normalized spacial score (nSPS) is 15.3. The predicted molar refractivity (Wildman–Crippen MR) is 75.4 cm³/mol. The molecule has 1 heterocycles. The summed E-state index contributed by atoms with van der Waals surface area (Å²) in [6, 6.07) is 8.05. The van der Waals surface area contributed by atoms with Crippen LogP contribution < -0.4 is 10.1 Å². The number of amides is 1. The molecule has 2 rings (SSSR count). The highest BCUT2D eigenvalue weighted by Crippen LogP contribution is 2.14. The van der Waals surface area contributed by atoms with E-state index >= 15 is 0 Å². The van der Waals surface area contributed by atoms with Crippen LogP contribution in [0.3, 0.4) is 0 Å². The highest BCUT2D eigenvalue weighted by atomic mass is 16.5. The van der Waals surface area contributed by atoms with Gasteiger partial charge in [0.1, 0.15) is 5.75 Å². The van der Waals surface area contributed by atoms with Gasteiger partial charge >= 0.3 is 0 Å². The van der Waals surface area contributed by atoms with Crippen LogP contribution in [-0.4, -0.2) is 44.1 Å². The van der Waals surface area contributed by atoms with Crippen molar-refractivity contribution in [3.8, 4) is 5.75 Å². The molecule has 1 N–H and O–H groups in total. The van der Waals surface area contributed by atoms with Crippen molar-refractivity contribution >= 4 is 5.91 Å². The van der Waals surface area contributed by atoms with Crippen LogP contribution in [0.1, 0.15) is 18.4 Å². The topological polar surface area (TPSA) is 41.6 Å². The van der Waals surface area contributed by atoms with Crippen LogP contribution in [0.5, 0.6) is 5.75 Å². The fourth-order valence-electron chi connectivity index (χ4n) is 2.34. The van der Waals surface area contributed by atoms with Gasteiger partial charge in [0.25, 0.3) is 0 Å². The summed E-state index contributed by atoms with van der Waals surface area (Å²) in [4.78, 5) is 13.9. The van der Waals surface area contributed by atoms with E-state index in [4.69, 9.17) is 4.74 Å². The number of carbonyl (C=O) groups excluding carboxylic acids is 1. The molecule has 0 aliphatic carbocycles. The summed E-state index contributed by atoms with van der Waals surface area (Å²) in [5.74, 6) is 1.16. The highest BCUT2D eigenvalue weighted by Gasteiger charge is 2.15. The number of piperazine rings is 1. The average Bonchev–Trinajstić information content (AvgIpc) is 2.48. The zero-order valence-corrected chi connectivity index (χ0v) is 11.5. The minimum absolute atomic E-state index is 0.282. The third-order valence-corrected chi connectivity index (χ3v) is 3.46. The van der Waals surface area contributed by atoms with E-state index in [9.17, 15) is 4.79 Å². The molecule has 0 saturated carbocycles. The molecule has 1 amide bonds. The second kappa shape index (κ2) is 7.14. The summed E-state index contributed by atoms with van der Waals surface area (Å²) in [6.07, 6.45) is 2.46. The Morgan fingerprint density at radius 3 is 2.89 bits per heavy atom. The van der Waals surface area contributed by atoms with Gasteiger partial charge in [0.05, 0.1) is 7.11 Å². The smallest absolute Gasteiger partial charge is 0.222 e. The van der Waals surface area contributed by atoms with Crippen LogP contribution >= 0.6 is 0 Å². The van der Waals surface area contributed by atoms with Crippen LogP contribution in [0, 0.1) is 0 Å². The van der Waals surface area contributed by atoms with Crippen molar-refractivity contribution in [1.29, 1.82) is 0 Å². The van der Waals surface area contributed by atoms with Gasteiger partial charge in [-0.3, -0.25) is 4.79 Å². The number of hydrogen-bond acceptors (Lipinski definition) is 3. The molecular formula is C15H22N2O2. The lowest BCUT2D eigenvalue weighted by molar-refractivity contribution is -0.131. The van der Waals surface area contributed by atoms with Crippen molar-refractivity contribution in [1.82, 2.24) is 10.2 Å². The maximum absolute atomic E-state index is 12.0. The molecule has 1 aliphatic rings. The molecule has 1 fully saturated rings. The Morgan fingerprint density at radius 2 is 2.16 bits per heavy atom. The molecule has 0 atom stereocenters. The molecule has 0 aromatic heterocycles. The van der Waals surface area contributed by atoms with E-state index in [0.29, 0.717) is 6.42 Å². The predicted octanol–water partition coefficient (Wildman–Crippen LogP) is 1.45. The number of nitrogens with one attached hydrogen (secondary N) is 1. The Morgan fingerprint density at radius 1 is 1.37 bits per heavy atom. The second-order valence-corrected chi connectivity index (χ2v) is 4.84. The van der Waals surface area contributed by atoms with Gasteiger partial charge in [0.15, 0.2) is 0 Å². The van der Waals surface area contributed by atoms with E-state index in [0.717, 1.165) is 44.8 Å². The van der Waals surface area contributed by atoms with Crippen molar-refractivity contribution in [2.24, 2.45) is 0 Å². The third kappa shape index (κ3) is 4.24. The van der Waals surface area contributed by atoms with Crippen LogP contribution in [0.15, 0.2) is 24.3 Å². The zero-order valence-electron chi connectivity index (χ0n) is 11.5. The molecule has 0 spiro atoms. The minimum atomic E-state index is 0.282. The van der Waals surface area contributed by atoms with Gasteiger partial charge in [-0.2, -0.15) is 0 Å². The molecule has 1 aromatic carbocycles. The van der Waals surface area contributed by atoms with E-state index in [1.807, 2.05) is 23.1 Å². The lowest BCUT2D eigenvalue weighted by Crippen LogP contribution is -2.46. The maximum atomic E-state index is 12.0. The number of benzene rings is 1. The number of ether oxygens (including phenoxy) is 1. The molecule has 4 heteroatoms. The maximum Gasteiger partial charge on any atom is 0.222 e. The van der Waals surface area contributed by atoms with E-state index in [2.05, 4.69) is 11.4 Å². The lowest BCUT2D eigenvalue weighted by atomic mass is 10.1.